The highest BCUT2D eigenvalue weighted by Gasteiger charge is 2.33. The van der Waals surface area contributed by atoms with Crippen LogP contribution in [0.2, 0.25) is 0 Å². The fourth-order valence-corrected chi connectivity index (χ4v) is 4.33. The van der Waals surface area contributed by atoms with Crippen molar-refractivity contribution >= 4 is 22.6 Å². The largest absolute Gasteiger partial charge is 0.417 e. The molecule has 1 atom stereocenters. The molecule has 4 heterocycles. The summed E-state index contributed by atoms with van der Waals surface area (Å²) in [5.74, 6) is -1.12. The van der Waals surface area contributed by atoms with Crippen molar-refractivity contribution in [1.29, 1.82) is 0 Å². The van der Waals surface area contributed by atoms with E-state index in [2.05, 4.69) is 9.97 Å². The Bertz CT molecular complexity index is 1230. The monoisotopic (exact) mass is 446 g/mol. The van der Waals surface area contributed by atoms with Gasteiger partial charge < -0.3 is 15.4 Å². The third-order valence-electron chi connectivity index (χ3n) is 6.06. The lowest BCUT2D eigenvalue weighted by molar-refractivity contribution is -0.137. The van der Waals surface area contributed by atoms with E-state index in [0.29, 0.717) is 42.8 Å². The number of pyridine rings is 2. The van der Waals surface area contributed by atoms with E-state index in [1.165, 1.54) is 23.1 Å². The maximum atomic E-state index is 14.8. The number of nitrogens with two attached hydrogens (primary N) is 1. The minimum atomic E-state index is -4.46. The van der Waals surface area contributed by atoms with E-state index >= 15 is 0 Å². The molecule has 1 amide bonds. The number of nitrogens with zero attached hydrogens (tertiary/aromatic N) is 3. The van der Waals surface area contributed by atoms with Crippen molar-refractivity contribution in [3.63, 3.8) is 0 Å². The molecule has 2 aliphatic heterocycles. The summed E-state index contributed by atoms with van der Waals surface area (Å²) in [5.41, 5.74) is 7.40. The van der Waals surface area contributed by atoms with Gasteiger partial charge in [-0.1, -0.05) is 0 Å². The number of rotatable bonds is 2. The third kappa shape index (κ3) is 3.44. The lowest BCUT2D eigenvalue weighted by Crippen LogP contribution is -2.29. The van der Waals surface area contributed by atoms with Crippen molar-refractivity contribution in [3.8, 4) is 0 Å². The van der Waals surface area contributed by atoms with Gasteiger partial charge in [0.1, 0.15) is 11.6 Å². The number of carbonyl (C=O) groups excluding carboxylic acids is 1. The second kappa shape index (κ2) is 7.40. The number of carbonyl (C=O) groups is 1. The van der Waals surface area contributed by atoms with Gasteiger partial charge in [0.05, 0.1) is 29.9 Å². The Morgan fingerprint density at radius 3 is 2.69 bits per heavy atom. The normalized spacial score (nSPS) is 18.4. The summed E-state index contributed by atoms with van der Waals surface area (Å²) in [6.07, 6.45) is -3.13. The minimum Gasteiger partial charge on any atom is -0.383 e. The molecule has 2 aliphatic rings. The van der Waals surface area contributed by atoms with Crippen molar-refractivity contribution in [2.45, 2.75) is 31.7 Å². The lowest BCUT2D eigenvalue weighted by atomic mass is 10.0. The molecule has 0 saturated carbocycles. The zero-order chi connectivity index (χ0) is 22.6. The van der Waals surface area contributed by atoms with Crippen LogP contribution in [0.15, 0.2) is 30.5 Å². The van der Waals surface area contributed by atoms with Crippen LogP contribution in [0.1, 0.15) is 45.1 Å². The summed E-state index contributed by atoms with van der Waals surface area (Å²) >= 11 is 0. The van der Waals surface area contributed by atoms with Gasteiger partial charge in [-0.3, -0.25) is 9.78 Å². The van der Waals surface area contributed by atoms with Gasteiger partial charge in [-0.25, -0.2) is 9.37 Å². The second-order valence-corrected chi connectivity index (χ2v) is 8.00. The third-order valence-corrected chi connectivity index (χ3v) is 6.06. The Labute approximate surface area is 180 Å². The van der Waals surface area contributed by atoms with E-state index < -0.39 is 23.5 Å². The molecule has 2 aromatic heterocycles. The molecule has 0 radical (unpaired) electrons. The number of likely N-dealkylation sites (tertiary alicyclic amines) is 1. The number of hydrogen-bond acceptors (Lipinski definition) is 5. The number of nitrogen functional groups attached to an aromatic ring is 1. The molecule has 1 aromatic carbocycles. The highest BCUT2D eigenvalue weighted by atomic mass is 19.4. The topological polar surface area (TPSA) is 81.3 Å². The molecule has 3 aromatic rings. The van der Waals surface area contributed by atoms with Crippen LogP contribution < -0.4 is 5.73 Å². The lowest BCUT2D eigenvalue weighted by Gasteiger charge is -2.18. The van der Waals surface area contributed by atoms with Gasteiger partial charge in [-0.2, -0.15) is 13.2 Å². The first-order valence-electron chi connectivity index (χ1n) is 10.0. The summed E-state index contributed by atoms with van der Waals surface area (Å²) in [6, 6.07) is 4.99. The summed E-state index contributed by atoms with van der Waals surface area (Å²) in [7, 11) is 0. The van der Waals surface area contributed by atoms with Crippen LogP contribution in [-0.4, -0.2) is 33.9 Å². The van der Waals surface area contributed by atoms with E-state index in [-0.39, 0.29) is 23.8 Å². The van der Waals surface area contributed by atoms with Crippen molar-refractivity contribution in [2.75, 3.05) is 18.8 Å². The fourth-order valence-electron chi connectivity index (χ4n) is 4.33. The molecule has 1 fully saturated rings. The van der Waals surface area contributed by atoms with Crippen molar-refractivity contribution < 1.29 is 27.1 Å². The van der Waals surface area contributed by atoms with Crippen LogP contribution in [0.5, 0.6) is 0 Å². The van der Waals surface area contributed by atoms with E-state index in [0.717, 1.165) is 23.4 Å². The quantitative estimate of drug-likeness (QED) is 0.602. The Morgan fingerprint density at radius 1 is 1.19 bits per heavy atom. The Balaban J connectivity index is 1.40. The first kappa shape index (κ1) is 20.6. The molecule has 10 heteroatoms. The van der Waals surface area contributed by atoms with Gasteiger partial charge in [-0.05, 0) is 30.2 Å². The maximum absolute atomic E-state index is 14.8. The molecular formula is C22H18F4N4O2. The number of aromatic nitrogens is 2. The zero-order valence-electron chi connectivity index (χ0n) is 16.7. The average Bonchev–Trinajstić information content (AvgIpc) is 3.43. The smallest absolute Gasteiger partial charge is 0.383 e. The standard InChI is InChI=1S/C22H18F4N4O2/c23-17-6-19-13(15-9-32-10-16(15)20(27)29-19)5-14(17)21(31)30-4-3-11(8-30)18-2-1-12(7-28-18)22(24,25)26/h1-2,5-7,11H,3-4,8-10H2,(H2,27,29)/t11-/m0/s1. The van der Waals surface area contributed by atoms with Crippen LogP contribution in [0.25, 0.3) is 10.9 Å². The molecule has 0 spiro atoms. The number of amides is 1. The molecule has 0 aliphatic carbocycles. The molecule has 32 heavy (non-hydrogen) atoms. The van der Waals surface area contributed by atoms with E-state index in [4.69, 9.17) is 10.5 Å². The van der Waals surface area contributed by atoms with Gasteiger partial charge in [0, 0.05) is 47.9 Å². The number of ether oxygens (including phenoxy) is 1. The molecule has 0 unspecified atom stereocenters. The van der Waals surface area contributed by atoms with Crippen molar-refractivity contribution in [2.24, 2.45) is 0 Å². The Kier molecular flexibility index (Phi) is 4.77. The van der Waals surface area contributed by atoms with E-state index in [1.54, 1.807) is 0 Å². The summed E-state index contributed by atoms with van der Waals surface area (Å²) in [6.45, 7) is 1.22. The summed E-state index contributed by atoms with van der Waals surface area (Å²) < 4.78 is 58.5. The van der Waals surface area contributed by atoms with Crippen molar-refractivity contribution in [1.82, 2.24) is 14.9 Å². The molecular weight excluding hydrogens is 428 g/mol. The Hall–Kier alpha value is -3.27. The molecule has 1 saturated heterocycles. The highest BCUT2D eigenvalue weighted by molar-refractivity contribution is 5.99. The molecule has 2 N–H and O–H groups in total. The van der Waals surface area contributed by atoms with Crippen LogP contribution in [0.4, 0.5) is 23.4 Å². The van der Waals surface area contributed by atoms with Crippen LogP contribution >= 0.6 is 0 Å². The number of halogens is 4. The SMILES string of the molecule is Nc1nc2cc(F)c(C(=O)N3CC[C@H](c4ccc(C(F)(F)F)cn4)C3)cc2c2c1COC2. The predicted molar refractivity (Wildman–Crippen MR) is 107 cm³/mol. The van der Waals surface area contributed by atoms with Crippen molar-refractivity contribution in [3.05, 3.63) is 64.2 Å². The molecule has 6 nitrogen and oxygen atoms in total. The van der Waals surface area contributed by atoms with E-state index in [1.807, 2.05) is 0 Å². The number of anilines is 1. The maximum Gasteiger partial charge on any atom is 0.417 e. The Morgan fingerprint density at radius 2 is 1.97 bits per heavy atom. The number of benzene rings is 1. The predicted octanol–water partition coefficient (Wildman–Crippen LogP) is 4.03. The van der Waals surface area contributed by atoms with Crippen LogP contribution in [-0.2, 0) is 24.1 Å². The molecule has 5 rings (SSSR count). The summed E-state index contributed by atoms with van der Waals surface area (Å²) in [4.78, 5) is 22.7. The van der Waals surface area contributed by atoms with Gasteiger partial charge in [0.2, 0.25) is 0 Å². The fraction of sp³-hybridized carbons (Fsp3) is 0.318. The van der Waals surface area contributed by atoms with Gasteiger partial charge >= 0.3 is 6.18 Å². The van der Waals surface area contributed by atoms with Gasteiger partial charge in [0.25, 0.3) is 5.91 Å². The van der Waals surface area contributed by atoms with Gasteiger partial charge in [-0.15, -0.1) is 0 Å². The summed E-state index contributed by atoms with van der Waals surface area (Å²) in [5, 5.41) is 0.622. The van der Waals surface area contributed by atoms with E-state index in [9.17, 15) is 22.4 Å². The first-order valence-corrected chi connectivity index (χ1v) is 10.0. The highest BCUT2D eigenvalue weighted by Crippen LogP contribution is 2.34. The number of alkyl halides is 3. The zero-order valence-corrected chi connectivity index (χ0v) is 16.7. The number of hydrogen-bond donors (Lipinski definition) is 1. The number of fused-ring (bicyclic) bond motifs is 3. The second-order valence-electron chi connectivity index (χ2n) is 8.00. The minimum absolute atomic E-state index is 0.0841. The molecule has 0 bridgehead atoms. The van der Waals surface area contributed by atoms with Crippen LogP contribution in [0.3, 0.4) is 0 Å². The average molecular weight is 446 g/mol. The molecule has 166 valence electrons. The van der Waals surface area contributed by atoms with Gasteiger partial charge in [0.15, 0.2) is 0 Å². The first-order chi connectivity index (χ1) is 15.2. The van der Waals surface area contributed by atoms with Crippen LogP contribution in [0, 0.1) is 5.82 Å².